The van der Waals surface area contributed by atoms with Crippen LogP contribution in [0.25, 0.3) is 0 Å². The zero-order chi connectivity index (χ0) is 12.6. The van der Waals surface area contributed by atoms with Gasteiger partial charge in [-0.25, -0.2) is 8.78 Å². The van der Waals surface area contributed by atoms with E-state index >= 15 is 0 Å². The average molecular weight is 258 g/mol. The summed E-state index contributed by atoms with van der Waals surface area (Å²) in [5.74, 6) is -9.03. The van der Waals surface area contributed by atoms with Crippen LogP contribution >= 0.6 is 11.6 Å². The standard InChI is InChI=1S/C7ClF4NO3/c8-7(14)1-2(9)4(11)5(12)6(3(1)10)13(15)16. The lowest BCUT2D eigenvalue weighted by Gasteiger charge is -2.03. The van der Waals surface area contributed by atoms with E-state index in [1.165, 1.54) is 0 Å². The molecule has 1 aromatic rings. The lowest BCUT2D eigenvalue weighted by molar-refractivity contribution is -0.390. The monoisotopic (exact) mass is 257 g/mol. The number of rotatable bonds is 2. The maximum absolute atomic E-state index is 13.1. The van der Waals surface area contributed by atoms with Crippen molar-refractivity contribution >= 4 is 22.5 Å². The molecular formula is C7ClF4NO3. The van der Waals surface area contributed by atoms with Crippen LogP contribution in [0.15, 0.2) is 0 Å². The van der Waals surface area contributed by atoms with Crippen molar-refractivity contribution in [1.82, 2.24) is 0 Å². The van der Waals surface area contributed by atoms with Gasteiger partial charge in [0.25, 0.3) is 5.24 Å². The molecule has 0 fully saturated rings. The summed E-state index contributed by atoms with van der Waals surface area (Å²) in [6, 6.07) is 0. The van der Waals surface area contributed by atoms with Crippen LogP contribution in [0.1, 0.15) is 10.4 Å². The molecule has 0 saturated heterocycles. The van der Waals surface area contributed by atoms with Crippen molar-refractivity contribution in [1.29, 1.82) is 0 Å². The minimum absolute atomic E-state index is 1.63. The Morgan fingerprint density at radius 2 is 1.56 bits per heavy atom. The molecule has 9 heteroatoms. The van der Waals surface area contributed by atoms with Gasteiger partial charge in [0.1, 0.15) is 5.56 Å². The van der Waals surface area contributed by atoms with Crippen LogP contribution in [-0.4, -0.2) is 10.2 Å². The van der Waals surface area contributed by atoms with Gasteiger partial charge < -0.3 is 0 Å². The molecular weight excluding hydrogens is 258 g/mol. The first-order valence-electron chi connectivity index (χ1n) is 3.49. The highest BCUT2D eigenvalue weighted by molar-refractivity contribution is 6.67. The zero-order valence-corrected chi connectivity index (χ0v) is 7.82. The summed E-state index contributed by atoms with van der Waals surface area (Å²) >= 11 is 4.68. The molecule has 0 amide bonds. The molecule has 0 spiro atoms. The number of halogens is 5. The van der Waals surface area contributed by atoms with E-state index < -0.39 is 44.7 Å². The molecule has 16 heavy (non-hydrogen) atoms. The summed E-state index contributed by atoms with van der Waals surface area (Å²) in [4.78, 5) is 19.0. The zero-order valence-electron chi connectivity index (χ0n) is 7.06. The molecule has 0 unspecified atom stereocenters. The Balaban J connectivity index is 3.80. The maximum Gasteiger partial charge on any atom is 0.344 e. The van der Waals surface area contributed by atoms with E-state index in [0.717, 1.165) is 0 Å². The van der Waals surface area contributed by atoms with Crippen molar-refractivity contribution in [3.63, 3.8) is 0 Å². The number of hydrogen-bond donors (Lipinski definition) is 0. The van der Waals surface area contributed by atoms with Crippen LogP contribution in [-0.2, 0) is 0 Å². The molecule has 4 nitrogen and oxygen atoms in total. The Labute approximate surface area is 89.6 Å². The fourth-order valence-electron chi connectivity index (χ4n) is 0.954. The first-order chi connectivity index (χ1) is 7.29. The molecule has 0 atom stereocenters. The summed E-state index contributed by atoms with van der Waals surface area (Å²) in [6.45, 7) is 0. The van der Waals surface area contributed by atoms with E-state index in [2.05, 4.69) is 11.6 Å². The van der Waals surface area contributed by atoms with E-state index in [1.807, 2.05) is 0 Å². The molecule has 1 aromatic carbocycles. The second-order valence-electron chi connectivity index (χ2n) is 2.51. The Kier molecular flexibility index (Phi) is 3.13. The SMILES string of the molecule is O=C(Cl)c1c(F)c(F)c(F)c([N+](=O)[O-])c1F. The third kappa shape index (κ3) is 1.71. The molecule has 0 aliphatic heterocycles. The summed E-state index contributed by atoms with van der Waals surface area (Å²) in [6.07, 6.45) is 0. The molecule has 0 radical (unpaired) electrons. The molecule has 0 saturated carbocycles. The van der Waals surface area contributed by atoms with E-state index in [1.54, 1.807) is 0 Å². The number of nitro benzene ring substituents is 1. The molecule has 0 heterocycles. The first-order valence-corrected chi connectivity index (χ1v) is 3.87. The van der Waals surface area contributed by atoms with Crippen molar-refractivity contribution in [3.8, 4) is 0 Å². The largest absolute Gasteiger partial charge is 0.344 e. The van der Waals surface area contributed by atoms with Gasteiger partial charge in [-0.05, 0) is 11.6 Å². The van der Waals surface area contributed by atoms with Gasteiger partial charge >= 0.3 is 5.69 Å². The molecule has 86 valence electrons. The van der Waals surface area contributed by atoms with Gasteiger partial charge in [-0.15, -0.1) is 0 Å². The quantitative estimate of drug-likeness (QED) is 0.204. The third-order valence-corrected chi connectivity index (χ3v) is 1.81. The maximum atomic E-state index is 13.1. The first kappa shape index (κ1) is 12.4. The van der Waals surface area contributed by atoms with Gasteiger partial charge in [-0.3, -0.25) is 14.9 Å². The van der Waals surface area contributed by atoms with Crippen LogP contribution in [0.4, 0.5) is 23.2 Å². The van der Waals surface area contributed by atoms with E-state index in [9.17, 15) is 32.5 Å². The summed E-state index contributed by atoms with van der Waals surface area (Å²) in [5, 5.41) is 8.35. The average Bonchev–Trinajstić information content (AvgIpc) is 2.13. The molecule has 0 aliphatic carbocycles. The van der Waals surface area contributed by atoms with Gasteiger partial charge in [0.15, 0.2) is 5.82 Å². The second-order valence-corrected chi connectivity index (χ2v) is 2.85. The molecule has 1 rings (SSSR count). The minimum atomic E-state index is -2.34. The minimum Gasteiger partial charge on any atom is -0.275 e. The van der Waals surface area contributed by atoms with Crippen LogP contribution in [0, 0.1) is 33.4 Å². The molecule has 0 aliphatic rings. The number of nitro groups is 1. The lowest BCUT2D eigenvalue weighted by atomic mass is 10.1. The van der Waals surface area contributed by atoms with Crippen molar-refractivity contribution in [3.05, 3.63) is 38.9 Å². The number of carbonyl (C=O) groups is 1. The highest BCUT2D eigenvalue weighted by Crippen LogP contribution is 2.30. The van der Waals surface area contributed by atoms with Crippen LogP contribution in [0.2, 0.25) is 0 Å². The Hall–Kier alpha value is -1.70. The summed E-state index contributed by atoms with van der Waals surface area (Å²) in [7, 11) is 0. The van der Waals surface area contributed by atoms with E-state index in [-0.39, 0.29) is 0 Å². The van der Waals surface area contributed by atoms with Crippen LogP contribution in [0.3, 0.4) is 0 Å². The molecule has 0 N–H and O–H groups in total. The van der Waals surface area contributed by atoms with Crippen LogP contribution < -0.4 is 0 Å². The Bertz CT molecular complexity index is 464. The predicted octanol–water partition coefficient (Wildman–Crippen LogP) is 2.53. The van der Waals surface area contributed by atoms with Gasteiger partial charge in [-0.1, -0.05) is 0 Å². The molecule has 0 aromatic heterocycles. The predicted molar refractivity (Wildman–Crippen MR) is 43.1 cm³/mol. The van der Waals surface area contributed by atoms with Crippen molar-refractivity contribution in [2.45, 2.75) is 0 Å². The Morgan fingerprint density at radius 1 is 1.06 bits per heavy atom. The normalized spacial score (nSPS) is 10.3. The lowest BCUT2D eigenvalue weighted by Crippen LogP contribution is -2.10. The van der Waals surface area contributed by atoms with Crippen molar-refractivity contribution in [2.24, 2.45) is 0 Å². The van der Waals surface area contributed by atoms with Crippen molar-refractivity contribution in [2.75, 3.05) is 0 Å². The third-order valence-electron chi connectivity index (χ3n) is 1.62. The van der Waals surface area contributed by atoms with Gasteiger partial charge in [0.2, 0.25) is 17.5 Å². The summed E-state index contributed by atoms with van der Waals surface area (Å²) in [5.41, 5.74) is -3.67. The van der Waals surface area contributed by atoms with Gasteiger partial charge in [0, 0.05) is 0 Å². The van der Waals surface area contributed by atoms with E-state index in [4.69, 9.17) is 0 Å². The smallest absolute Gasteiger partial charge is 0.275 e. The Morgan fingerprint density at radius 3 is 1.94 bits per heavy atom. The van der Waals surface area contributed by atoms with E-state index in [0.29, 0.717) is 0 Å². The van der Waals surface area contributed by atoms with Crippen molar-refractivity contribution < 1.29 is 27.3 Å². The highest BCUT2D eigenvalue weighted by Gasteiger charge is 2.35. The van der Waals surface area contributed by atoms with Gasteiger partial charge in [0.05, 0.1) is 4.92 Å². The number of hydrogen-bond acceptors (Lipinski definition) is 3. The number of carbonyl (C=O) groups excluding carboxylic acids is 1. The second kappa shape index (κ2) is 4.05. The van der Waals surface area contributed by atoms with Gasteiger partial charge in [-0.2, -0.15) is 8.78 Å². The topological polar surface area (TPSA) is 60.2 Å². The highest BCUT2D eigenvalue weighted by atomic mass is 35.5. The fourth-order valence-corrected chi connectivity index (χ4v) is 1.12. The number of benzene rings is 1. The summed E-state index contributed by atoms with van der Waals surface area (Å²) < 4.78 is 51.4. The number of nitrogens with zero attached hydrogens (tertiary/aromatic N) is 1. The van der Waals surface area contributed by atoms with Crippen LogP contribution in [0.5, 0.6) is 0 Å². The molecule has 0 bridgehead atoms. The fraction of sp³-hybridized carbons (Fsp3) is 0.